The molecule has 0 spiro atoms. The average molecular weight is 468 g/mol. The fourth-order valence-electron chi connectivity index (χ4n) is 4.92. The summed E-state index contributed by atoms with van der Waals surface area (Å²) in [6, 6.07) is 13.0. The number of Topliss-reactive ketones (excluding diaryl/α,β-unsaturated/α-hetero) is 1. The van der Waals surface area contributed by atoms with Gasteiger partial charge in [0, 0.05) is 53.4 Å². The number of halogens is 2. The summed E-state index contributed by atoms with van der Waals surface area (Å²) in [6.45, 7) is 1.94. The summed E-state index contributed by atoms with van der Waals surface area (Å²) in [4.78, 5) is 32.0. The molecule has 1 fully saturated rings. The fourth-order valence-corrected chi connectivity index (χ4v) is 5.29. The topological polar surface area (TPSA) is 55.2 Å². The Hall–Kier alpha value is -2.63. The van der Waals surface area contributed by atoms with Crippen LogP contribution in [0.4, 0.5) is 0 Å². The maximum atomic E-state index is 13.2. The number of carbonyl (C=O) groups excluding carboxylic acids is 2. The zero-order valence-electron chi connectivity index (χ0n) is 17.5. The van der Waals surface area contributed by atoms with Crippen LogP contribution in [-0.4, -0.2) is 39.2 Å². The second-order valence-electron chi connectivity index (χ2n) is 8.52. The Bertz CT molecular complexity index is 1180. The summed E-state index contributed by atoms with van der Waals surface area (Å²) >= 11 is 12.5. The van der Waals surface area contributed by atoms with Crippen molar-refractivity contribution in [3.63, 3.8) is 0 Å². The van der Waals surface area contributed by atoms with Gasteiger partial charge in [-0.2, -0.15) is 0 Å². The smallest absolute Gasteiger partial charge is 0.230 e. The molecule has 1 aliphatic heterocycles. The minimum Gasteiger partial charge on any atom is -0.342 e. The molecule has 164 valence electrons. The molecule has 2 aromatic carbocycles. The highest BCUT2D eigenvalue weighted by Crippen LogP contribution is 2.36. The lowest BCUT2D eigenvalue weighted by Crippen LogP contribution is -2.40. The molecule has 1 unspecified atom stereocenters. The molecule has 3 aromatic rings. The minimum absolute atomic E-state index is 0.0653. The largest absolute Gasteiger partial charge is 0.342 e. The fraction of sp³-hybridized carbons (Fsp3) is 0.320. The number of amides is 1. The van der Waals surface area contributed by atoms with Crippen LogP contribution in [0.5, 0.6) is 0 Å². The van der Waals surface area contributed by atoms with Gasteiger partial charge in [-0.15, -0.1) is 0 Å². The Labute approximate surface area is 197 Å². The van der Waals surface area contributed by atoms with Crippen LogP contribution in [0.3, 0.4) is 0 Å². The van der Waals surface area contributed by atoms with Crippen molar-refractivity contribution < 1.29 is 9.59 Å². The van der Waals surface area contributed by atoms with Crippen molar-refractivity contribution in [1.29, 1.82) is 0 Å². The Morgan fingerprint density at radius 3 is 2.69 bits per heavy atom. The summed E-state index contributed by atoms with van der Waals surface area (Å²) in [5.41, 5.74) is 2.52. The molecule has 32 heavy (non-hydrogen) atoms. The van der Waals surface area contributed by atoms with Gasteiger partial charge in [0.05, 0.1) is 12.5 Å². The number of imidazole rings is 1. The summed E-state index contributed by atoms with van der Waals surface area (Å²) in [5, 5.41) is 1.34. The quantitative estimate of drug-likeness (QED) is 0.521. The van der Waals surface area contributed by atoms with Gasteiger partial charge in [-0.05, 0) is 42.2 Å². The minimum atomic E-state index is -0.345. The van der Waals surface area contributed by atoms with E-state index in [1.807, 2.05) is 53.7 Å². The highest BCUT2D eigenvalue weighted by atomic mass is 35.5. The highest BCUT2D eigenvalue weighted by Gasteiger charge is 2.37. The molecular formula is C25H23Cl2N3O2. The van der Waals surface area contributed by atoms with Crippen LogP contribution in [0.15, 0.2) is 54.9 Å². The molecule has 0 saturated carbocycles. The molecule has 2 heterocycles. The zero-order valence-corrected chi connectivity index (χ0v) is 19.0. The van der Waals surface area contributed by atoms with Crippen molar-refractivity contribution in [3.05, 3.63) is 87.4 Å². The average Bonchev–Trinajstić information content (AvgIpc) is 3.41. The van der Waals surface area contributed by atoms with E-state index in [0.717, 1.165) is 29.8 Å². The van der Waals surface area contributed by atoms with Gasteiger partial charge >= 0.3 is 0 Å². The predicted molar refractivity (Wildman–Crippen MR) is 124 cm³/mol. The first kappa shape index (κ1) is 21.2. The monoisotopic (exact) mass is 467 g/mol. The first-order chi connectivity index (χ1) is 15.5. The molecule has 0 bridgehead atoms. The number of hydrogen-bond acceptors (Lipinski definition) is 3. The van der Waals surface area contributed by atoms with E-state index in [0.29, 0.717) is 35.2 Å². The van der Waals surface area contributed by atoms with E-state index >= 15 is 0 Å². The van der Waals surface area contributed by atoms with Gasteiger partial charge < -0.3 is 9.47 Å². The molecule has 7 heteroatoms. The van der Waals surface area contributed by atoms with Gasteiger partial charge in [-0.1, -0.05) is 47.5 Å². The van der Waals surface area contributed by atoms with Crippen molar-refractivity contribution in [3.8, 4) is 0 Å². The Balaban J connectivity index is 1.26. The molecule has 0 radical (unpaired) electrons. The van der Waals surface area contributed by atoms with Gasteiger partial charge in [0.15, 0.2) is 5.78 Å². The molecule has 1 amide bonds. The van der Waals surface area contributed by atoms with Crippen molar-refractivity contribution in [2.75, 3.05) is 13.1 Å². The molecule has 1 aliphatic carbocycles. The highest BCUT2D eigenvalue weighted by molar-refractivity contribution is 6.33. The summed E-state index contributed by atoms with van der Waals surface area (Å²) in [6.07, 6.45) is 5.74. The van der Waals surface area contributed by atoms with Crippen molar-refractivity contribution >= 4 is 34.9 Å². The van der Waals surface area contributed by atoms with Gasteiger partial charge in [0.25, 0.3) is 0 Å². The van der Waals surface area contributed by atoms with Crippen LogP contribution in [0.25, 0.3) is 0 Å². The van der Waals surface area contributed by atoms with E-state index in [2.05, 4.69) is 9.55 Å². The van der Waals surface area contributed by atoms with E-state index in [-0.39, 0.29) is 29.9 Å². The van der Waals surface area contributed by atoms with Crippen LogP contribution in [0, 0.1) is 0 Å². The third-order valence-electron chi connectivity index (χ3n) is 6.59. The molecule has 1 atom stereocenters. The lowest BCUT2D eigenvalue weighted by atomic mass is 9.93. The molecule has 5 nitrogen and oxygen atoms in total. The number of carbonyl (C=O) groups is 2. The Morgan fingerprint density at radius 1 is 1.09 bits per heavy atom. The van der Waals surface area contributed by atoms with E-state index in [9.17, 15) is 9.59 Å². The third kappa shape index (κ3) is 3.96. The molecule has 5 rings (SSSR count). The first-order valence-electron chi connectivity index (χ1n) is 10.9. The SMILES string of the molecule is O=C1CC(C(=O)N2CCC(c3nccn3Cc3cc(Cl)ccc3Cl)CC2)c2ccccc21. The molecular weight excluding hydrogens is 445 g/mol. The van der Waals surface area contributed by atoms with Crippen LogP contribution in [0.1, 0.15) is 58.4 Å². The number of hydrogen-bond donors (Lipinski definition) is 0. The summed E-state index contributed by atoms with van der Waals surface area (Å²) < 4.78 is 2.12. The number of benzene rings is 2. The van der Waals surface area contributed by atoms with Crippen LogP contribution < -0.4 is 0 Å². The van der Waals surface area contributed by atoms with E-state index < -0.39 is 0 Å². The molecule has 0 N–H and O–H groups in total. The van der Waals surface area contributed by atoms with Crippen molar-refractivity contribution in [2.45, 2.75) is 37.6 Å². The van der Waals surface area contributed by atoms with Gasteiger partial charge in [-0.3, -0.25) is 9.59 Å². The molecule has 2 aliphatic rings. The Kier molecular flexibility index (Phi) is 5.78. The van der Waals surface area contributed by atoms with Crippen molar-refractivity contribution in [2.24, 2.45) is 0 Å². The standard InChI is InChI=1S/C25H23Cl2N3O2/c26-18-5-6-22(27)17(13-18)15-30-12-9-28-24(30)16-7-10-29(11-8-16)25(32)21-14-23(31)20-4-2-1-3-19(20)21/h1-6,9,12-13,16,21H,7-8,10-11,14-15H2. The summed E-state index contributed by atoms with van der Waals surface area (Å²) in [5.74, 6) is 1.06. The van der Waals surface area contributed by atoms with Crippen molar-refractivity contribution in [1.82, 2.24) is 14.5 Å². The first-order valence-corrected chi connectivity index (χ1v) is 11.6. The number of ketones is 1. The molecule has 1 saturated heterocycles. The van der Waals surface area contributed by atoms with Gasteiger partial charge in [-0.25, -0.2) is 4.98 Å². The lowest BCUT2D eigenvalue weighted by molar-refractivity contribution is -0.133. The van der Waals surface area contributed by atoms with E-state index in [1.165, 1.54) is 0 Å². The normalized spacial score (nSPS) is 18.8. The second-order valence-corrected chi connectivity index (χ2v) is 9.36. The van der Waals surface area contributed by atoms with Gasteiger partial charge in [0.1, 0.15) is 5.82 Å². The number of likely N-dealkylation sites (tertiary alicyclic amines) is 1. The number of nitrogens with zero attached hydrogens (tertiary/aromatic N) is 3. The maximum absolute atomic E-state index is 13.2. The Morgan fingerprint density at radius 2 is 1.88 bits per heavy atom. The van der Waals surface area contributed by atoms with Crippen LogP contribution in [-0.2, 0) is 11.3 Å². The maximum Gasteiger partial charge on any atom is 0.230 e. The van der Waals surface area contributed by atoms with E-state index in [1.54, 1.807) is 6.07 Å². The molecule has 1 aromatic heterocycles. The number of piperidine rings is 1. The second kappa shape index (κ2) is 8.72. The zero-order chi connectivity index (χ0) is 22.2. The van der Waals surface area contributed by atoms with E-state index in [4.69, 9.17) is 23.2 Å². The number of rotatable bonds is 4. The number of fused-ring (bicyclic) bond motifs is 1. The van der Waals surface area contributed by atoms with Gasteiger partial charge in [0.2, 0.25) is 5.91 Å². The predicted octanol–water partition coefficient (Wildman–Crippen LogP) is 5.31. The third-order valence-corrected chi connectivity index (χ3v) is 7.20. The van der Waals surface area contributed by atoms with Crippen LogP contribution >= 0.6 is 23.2 Å². The van der Waals surface area contributed by atoms with Crippen LogP contribution in [0.2, 0.25) is 10.0 Å². The summed E-state index contributed by atoms with van der Waals surface area (Å²) in [7, 11) is 0. The lowest BCUT2D eigenvalue weighted by Gasteiger charge is -2.33. The number of aromatic nitrogens is 2.